The third-order valence-electron chi connectivity index (χ3n) is 2.50. The lowest BCUT2D eigenvalue weighted by Gasteiger charge is -2.26. The quantitative estimate of drug-likeness (QED) is 0.789. The van der Waals surface area contributed by atoms with Gasteiger partial charge >= 0.3 is 10.2 Å². The zero-order chi connectivity index (χ0) is 13.2. The fourth-order valence-corrected chi connectivity index (χ4v) is 2.78. The Bertz CT molecular complexity index is 529. The SMILES string of the molecule is O=S(=O)(Nc1ccc(O)cc1F)N1CCOCC1. The predicted molar refractivity (Wildman–Crippen MR) is 63.0 cm³/mol. The zero-order valence-corrected chi connectivity index (χ0v) is 10.3. The molecule has 1 aromatic carbocycles. The van der Waals surface area contributed by atoms with Crippen molar-refractivity contribution in [2.75, 3.05) is 31.0 Å². The fraction of sp³-hybridized carbons (Fsp3) is 0.400. The van der Waals surface area contributed by atoms with E-state index >= 15 is 0 Å². The molecule has 0 aliphatic carbocycles. The van der Waals surface area contributed by atoms with Gasteiger partial charge in [0.1, 0.15) is 5.75 Å². The van der Waals surface area contributed by atoms with Gasteiger partial charge in [0.25, 0.3) is 0 Å². The first-order valence-corrected chi connectivity index (χ1v) is 6.77. The Balaban J connectivity index is 2.16. The molecule has 2 N–H and O–H groups in total. The van der Waals surface area contributed by atoms with E-state index in [0.29, 0.717) is 13.2 Å². The van der Waals surface area contributed by atoms with Crippen LogP contribution in [0.1, 0.15) is 0 Å². The van der Waals surface area contributed by atoms with Crippen molar-refractivity contribution in [1.82, 2.24) is 4.31 Å². The summed E-state index contributed by atoms with van der Waals surface area (Å²) in [6.07, 6.45) is 0. The molecular formula is C10H13FN2O4S. The van der Waals surface area contributed by atoms with Crippen LogP contribution in [0, 0.1) is 5.82 Å². The Morgan fingerprint density at radius 2 is 2.00 bits per heavy atom. The molecule has 100 valence electrons. The minimum absolute atomic E-state index is 0.195. The molecule has 6 nitrogen and oxygen atoms in total. The molecule has 0 aromatic heterocycles. The standard InChI is InChI=1S/C10H13FN2O4S/c11-9-7-8(14)1-2-10(9)12-18(15,16)13-3-5-17-6-4-13/h1-2,7,12,14H,3-6H2. The Kier molecular flexibility index (Phi) is 3.69. The Morgan fingerprint density at radius 3 is 2.61 bits per heavy atom. The normalized spacial score (nSPS) is 17.6. The third kappa shape index (κ3) is 2.89. The second-order valence-electron chi connectivity index (χ2n) is 3.78. The average Bonchev–Trinajstić information content (AvgIpc) is 2.34. The number of aromatic hydroxyl groups is 1. The summed E-state index contributed by atoms with van der Waals surface area (Å²) in [7, 11) is -3.79. The van der Waals surface area contributed by atoms with Crippen LogP contribution in [-0.2, 0) is 14.9 Å². The van der Waals surface area contributed by atoms with Crippen LogP contribution in [-0.4, -0.2) is 44.1 Å². The first kappa shape index (κ1) is 13.1. The first-order valence-electron chi connectivity index (χ1n) is 5.33. The van der Waals surface area contributed by atoms with Crippen LogP contribution in [0.4, 0.5) is 10.1 Å². The monoisotopic (exact) mass is 276 g/mol. The van der Waals surface area contributed by atoms with Crippen LogP contribution in [0.2, 0.25) is 0 Å². The van der Waals surface area contributed by atoms with Gasteiger partial charge in [0.05, 0.1) is 18.9 Å². The Labute approximate surface area is 104 Å². The lowest BCUT2D eigenvalue weighted by Crippen LogP contribution is -2.43. The van der Waals surface area contributed by atoms with Crippen molar-refractivity contribution >= 4 is 15.9 Å². The van der Waals surface area contributed by atoms with Crippen LogP contribution >= 0.6 is 0 Å². The molecule has 0 spiro atoms. The van der Waals surface area contributed by atoms with Gasteiger partial charge < -0.3 is 9.84 Å². The van der Waals surface area contributed by atoms with Gasteiger partial charge in [-0.2, -0.15) is 12.7 Å². The van der Waals surface area contributed by atoms with Gasteiger partial charge in [-0.3, -0.25) is 4.72 Å². The second kappa shape index (κ2) is 5.09. The highest BCUT2D eigenvalue weighted by atomic mass is 32.2. The lowest BCUT2D eigenvalue weighted by atomic mass is 10.3. The molecule has 0 atom stereocenters. The van der Waals surface area contributed by atoms with Crippen LogP contribution in [0.3, 0.4) is 0 Å². The van der Waals surface area contributed by atoms with E-state index < -0.39 is 16.0 Å². The second-order valence-corrected chi connectivity index (χ2v) is 5.45. The van der Waals surface area contributed by atoms with E-state index in [1.165, 1.54) is 16.4 Å². The molecule has 1 fully saturated rings. The van der Waals surface area contributed by atoms with Crippen molar-refractivity contribution in [3.8, 4) is 5.75 Å². The van der Waals surface area contributed by atoms with Crippen molar-refractivity contribution in [2.45, 2.75) is 0 Å². The van der Waals surface area contributed by atoms with E-state index in [-0.39, 0.29) is 24.5 Å². The number of halogens is 1. The van der Waals surface area contributed by atoms with Crippen LogP contribution in [0.15, 0.2) is 18.2 Å². The minimum Gasteiger partial charge on any atom is -0.508 e. The number of phenolic OH excluding ortho intramolecular Hbond substituents is 1. The third-order valence-corrected chi connectivity index (χ3v) is 4.02. The number of benzene rings is 1. The summed E-state index contributed by atoms with van der Waals surface area (Å²) < 4.78 is 45.6. The maximum Gasteiger partial charge on any atom is 0.301 e. The molecule has 8 heteroatoms. The maximum atomic E-state index is 13.4. The molecule has 1 heterocycles. The molecule has 1 aliphatic heterocycles. The van der Waals surface area contributed by atoms with Crippen LogP contribution < -0.4 is 4.72 Å². The van der Waals surface area contributed by atoms with Crippen molar-refractivity contribution in [1.29, 1.82) is 0 Å². The highest BCUT2D eigenvalue weighted by molar-refractivity contribution is 7.90. The Morgan fingerprint density at radius 1 is 1.33 bits per heavy atom. The van der Waals surface area contributed by atoms with Crippen molar-refractivity contribution in [3.05, 3.63) is 24.0 Å². The molecule has 1 aromatic rings. The summed E-state index contributed by atoms with van der Waals surface area (Å²) in [6.45, 7) is 1.10. The van der Waals surface area contributed by atoms with Crippen LogP contribution in [0.5, 0.6) is 5.75 Å². The molecule has 18 heavy (non-hydrogen) atoms. The summed E-state index contributed by atoms with van der Waals surface area (Å²) in [4.78, 5) is 0. The van der Waals surface area contributed by atoms with Crippen LogP contribution in [0.25, 0.3) is 0 Å². The lowest BCUT2D eigenvalue weighted by molar-refractivity contribution is 0.0733. The van der Waals surface area contributed by atoms with Gasteiger partial charge in [-0.05, 0) is 12.1 Å². The number of ether oxygens (including phenoxy) is 1. The molecule has 0 radical (unpaired) electrons. The molecule has 0 amide bonds. The Hall–Kier alpha value is -1.38. The molecule has 0 bridgehead atoms. The number of hydrogen-bond donors (Lipinski definition) is 2. The largest absolute Gasteiger partial charge is 0.508 e. The predicted octanol–water partition coefficient (Wildman–Crippen LogP) is 0.520. The highest BCUT2D eigenvalue weighted by Gasteiger charge is 2.25. The average molecular weight is 276 g/mol. The number of nitrogens with one attached hydrogen (secondary N) is 1. The van der Waals surface area contributed by atoms with E-state index in [9.17, 15) is 12.8 Å². The van der Waals surface area contributed by atoms with Crippen molar-refractivity contribution < 1.29 is 22.7 Å². The van der Waals surface area contributed by atoms with E-state index in [1.807, 2.05) is 0 Å². The maximum absolute atomic E-state index is 13.4. The summed E-state index contributed by atoms with van der Waals surface area (Å²) >= 11 is 0. The fourth-order valence-electron chi connectivity index (χ4n) is 1.58. The van der Waals surface area contributed by atoms with Gasteiger partial charge in [0, 0.05) is 19.2 Å². The number of nitrogens with zero attached hydrogens (tertiary/aromatic N) is 1. The van der Waals surface area contributed by atoms with E-state index in [2.05, 4.69) is 4.72 Å². The van der Waals surface area contributed by atoms with Gasteiger partial charge in [-0.1, -0.05) is 0 Å². The zero-order valence-electron chi connectivity index (χ0n) is 9.47. The summed E-state index contributed by atoms with van der Waals surface area (Å²) in [6, 6.07) is 3.22. The minimum atomic E-state index is -3.79. The smallest absolute Gasteiger partial charge is 0.301 e. The molecule has 0 saturated carbocycles. The number of phenols is 1. The summed E-state index contributed by atoms with van der Waals surface area (Å²) in [5.74, 6) is -1.09. The molecule has 0 unspecified atom stereocenters. The number of morpholine rings is 1. The van der Waals surface area contributed by atoms with Crippen molar-refractivity contribution in [2.24, 2.45) is 0 Å². The van der Waals surface area contributed by atoms with Gasteiger partial charge in [-0.25, -0.2) is 4.39 Å². The van der Waals surface area contributed by atoms with Crippen molar-refractivity contribution in [3.63, 3.8) is 0 Å². The summed E-state index contributed by atoms with van der Waals surface area (Å²) in [5.41, 5.74) is -0.195. The molecule has 1 saturated heterocycles. The van der Waals surface area contributed by atoms with E-state index in [1.54, 1.807) is 0 Å². The highest BCUT2D eigenvalue weighted by Crippen LogP contribution is 2.21. The number of rotatable bonds is 3. The van der Waals surface area contributed by atoms with E-state index in [0.717, 1.165) is 6.07 Å². The van der Waals surface area contributed by atoms with Gasteiger partial charge in [0.15, 0.2) is 5.82 Å². The number of hydrogen-bond acceptors (Lipinski definition) is 4. The van der Waals surface area contributed by atoms with E-state index in [4.69, 9.17) is 9.84 Å². The first-order chi connectivity index (χ1) is 8.49. The number of anilines is 1. The molecule has 1 aliphatic rings. The topological polar surface area (TPSA) is 78.9 Å². The van der Waals surface area contributed by atoms with Gasteiger partial charge in [-0.15, -0.1) is 0 Å². The molecular weight excluding hydrogens is 263 g/mol. The summed E-state index contributed by atoms with van der Waals surface area (Å²) in [5, 5.41) is 9.04. The van der Waals surface area contributed by atoms with Gasteiger partial charge in [0.2, 0.25) is 0 Å². The molecule has 2 rings (SSSR count).